The first-order valence-corrected chi connectivity index (χ1v) is 7.59. The van der Waals surface area contributed by atoms with E-state index < -0.39 is 0 Å². The summed E-state index contributed by atoms with van der Waals surface area (Å²) < 4.78 is 5.87. The number of nitrogens with two attached hydrogens (primary N) is 1. The number of rotatable bonds is 4. The zero-order chi connectivity index (χ0) is 13.2. The van der Waals surface area contributed by atoms with Crippen LogP contribution in [0.1, 0.15) is 52.9 Å². The van der Waals surface area contributed by atoms with Crippen molar-refractivity contribution < 1.29 is 4.74 Å². The highest BCUT2D eigenvalue weighted by molar-refractivity contribution is 4.99. The van der Waals surface area contributed by atoms with E-state index in [1.807, 2.05) is 0 Å². The molecule has 2 aliphatic rings. The predicted molar refractivity (Wildman–Crippen MR) is 75.6 cm³/mol. The summed E-state index contributed by atoms with van der Waals surface area (Å²) in [6, 6.07) is 0. The van der Waals surface area contributed by atoms with Crippen LogP contribution in [0.3, 0.4) is 0 Å². The van der Waals surface area contributed by atoms with Gasteiger partial charge in [-0.15, -0.1) is 0 Å². The van der Waals surface area contributed by atoms with Gasteiger partial charge in [-0.25, -0.2) is 0 Å². The highest BCUT2D eigenvalue weighted by Gasteiger charge is 2.41. The SMILES string of the molecule is CC1CCC(CN)(NCC2(C)CCCO2)C(C)C1. The largest absolute Gasteiger partial charge is 0.374 e. The average molecular weight is 254 g/mol. The van der Waals surface area contributed by atoms with E-state index in [0.29, 0.717) is 5.92 Å². The third-order valence-corrected chi connectivity index (χ3v) is 5.26. The van der Waals surface area contributed by atoms with E-state index >= 15 is 0 Å². The van der Waals surface area contributed by atoms with Gasteiger partial charge in [-0.3, -0.25) is 0 Å². The van der Waals surface area contributed by atoms with Crippen molar-refractivity contribution in [3.63, 3.8) is 0 Å². The molecule has 1 aliphatic carbocycles. The zero-order valence-electron chi connectivity index (χ0n) is 12.3. The molecule has 0 aromatic heterocycles. The molecule has 0 spiro atoms. The fraction of sp³-hybridized carbons (Fsp3) is 1.00. The molecule has 0 bridgehead atoms. The van der Waals surface area contributed by atoms with E-state index in [9.17, 15) is 0 Å². The third-order valence-electron chi connectivity index (χ3n) is 5.26. The quantitative estimate of drug-likeness (QED) is 0.809. The second kappa shape index (κ2) is 5.48. The van der Waals surface area contributed by atoms with E-state index in [2.05, 4.69) is 26.1 Å². The van der Waals surface area contributed by atoms with E-state index in [1.165, 1.54) is 32.1 Å². The van der Waals surface area contributed by atoms with E-state index in [0.717, 1.165) is 25.6 Å². The molecule has 2 fully saturated rings. The molecule has 0 aromatic rings. The second-order valence-corrected chi connectivity index (χ2v) is 6.90. The van der Waals surface area contributed by atoms with Crippen LogP contribution in [0.5, 0.6) is 0 Å². The minimum absolute atomic E-state index is 0.0327. The summed E-state index contributed by atoms with van der Waals surface area (Å²) in [6.07, 6.45) is 6.17. The van der Waals surface area contributed by atoms with Crippen LogP contribution in [-0.4, -0.2) is 30.8 Å². The van der Waals surface area contributed by atoms with Crippen molar-refractivity contribution in [2.45, 2.75) is 64.0 Å². The molecular weight excluding hydrogens is 224 g/mol. The molecule has 3 N–H and O–H groups in total. The lowest BCUT2D eigenvalue weighted by molar-refractivity contribution is 0.00542. The van der Waals surface area contributed by atoms with Crippen LogP contribution >= 0.6 is 0 Å². The Balaban J connectivity index is 1.95. The monoisotopic (exact) mass is 254 g/mol. The molecule has 18 heavy (non-hydrogen) atoms. The minimum Gasteiger partial charge on any atom is -0.374 e. The summed E-state index contributed by atoms with van der Waals surface area (Å²) in [6.45, 7) is 9.55. The zero-order valence-corrected chi connectivity index (χ0v) is 12.3. The van der Waals surface area contributed by atoms with Crippen LogP contribution in [0.15, 0.2) is 0 Å². The van der Waals surface area contributed by atoms with Crippen molar-refractivity contribution in [2.24, 2.45) is 17.6 Å². The van der Waals surface area contributed by atoms with Crippen molar-refractivity contribution in [1.82, 2.24) is 5.32 Å². The molecule has 2 rings (SSSR count). The van der Waals surface area contributed by atoms with Gasteiger partial charge in [0.25, 0.3) is 0 Å². The van der Waals surface area contributed by atoms with Gasteiger partial charge in [-0.1, -0.05) is 13.8 Å². The summed E-state index contributed by atoms with van der Waals surface area (Å²) in [5.41, 5.74) is 6.27. The Hall–Kier alpha value is -0.120. The van der Waals surface area contributed by atoms with Crippen LogP contribution in [0.2, 0.25) is 0 Å². The first-order chi connectivity index (χ1) is 8.50. The fourth-order valence-corrected chi connectivity index (χ4v) is 3.67. The Kier molecular flexibility index (Phi) is 4.35. The smallest absolute Gasteiger partial charge is 0.0779 e. The van der Waals surface area contributed by atoms with Gasteiger partial charge in [-0.05, 0) is 50.9 Å². The van der Waals surface area contributed by atoms with Gasteiger partial charge in [-0.2, -0.15) is 0 Å². The maximum atomic E-state index is 6.10. The lowest BCUT2D eigenvalue weighted by Gasteiger charge is -2.46. The molecular formula is C15H30N2O. The third kappa shape index (κ3) is 2.89. The fourth-order valence-electron chi connectivity index (χ4n) is 3.67. The normalized spacial score (nSPS) is 45.3. The number of hydrogen-bond acceptors (Lipinski definition) is 3. The highest BCUT2D eigenvalue weighted by Crippen LogP contribution is 2.37. The molecule has 4 atom stereocenters. The second-order valence-electron chi connectivity index (χ2n) is 6.90. The summed E-state index contributed by atoms with van der Waals surface area (Å²) in [4.78, 5) is 0. The molecule has 1 aliphatic heterocycles. The van der Waals surface area contributed by atoms with Gasteiger partial charge in [0.1, 0.15) is 0 Å². The Morgan fingerprint density at radius 2 is 2.11 bits per heavy atom. The van der Waals surface area contributed by atoms with Gasteiger partial charge < -0.3 is 15.8 Å². The predicted octanol–water partition coefficient (Wildman–Crippen LogP) is 2.30. The minimum atomic E-state index is 0.0327. The van der Waals surface area contributed by atoms with Crippen molar-refractivity contribution >= 4 is 0 Å². The molecule has 0 aromatic carbocycles. The van der Waals surface area contributed by atoms with Gasteiger partial charge in [0.2, 0.25) is 0 Å². The molecule has 3 heteroatoms. The summed E-state index contributed by atoms with van der Waals surface area (Å²) in [7, 11) is 0. The van der Waals surface area contributed by atoms with Crippen LogP contribution in [0.25, 0.3) is 0 Å². The Morgan fingerprint density at radius 1 is 1.33 bits per heavy atom. The van der Waals surface area contributed by atoms with Crippen LogP contribution in [-0.2, 0) is 4.74 Å². The Bertz CT molecular complexity index is 276. The van der Waals surface area contributed by atoms with Crippen molar-refractivity contribution in [3.8, 4) is 0 Å². The van der Waals surface area contributed by atoms with Gasteiger partial charge >= 0.3 is 0 Å². The molecule has 1 heterocycles. The maximum Gasteiger partial charge on any atom is 0.0779 e. The topological polar surface area (TPSA) is 47.3 Å². The molecule has 4 unspecified atom stereocenters. The standard InChI is InChI=1S/C15H30N2O/c1-12-5-7-15(10-16,13(2)9-12)17-11-14(3)6-4-8-18-14/h12-13,17H,4-11,16H2,1-3H3. The first kappa shape index (κ1) is 14.3. The molecule has 1 saturated carbocycles. The van der Waals surface area contributed by atoms with Crippen molar-refractivity contribution in [1.29, 1.82) is 0 Å². The summed E-state index contributed by atoms with van der Waals surface area (Å²) in [5, 5.41) is 3.79. The van der Waals surface area contributed by atoms with Crippen molar-refractivity contribution in [3.05, 3.63) is 0 Å². The number of ether oxygens (including phenoxy) is 1. The first-order valence-electron chi connectivity index (χ1n) is 7.59. The van der Waals surface area contributed by atoms with E-state index in [-0.39, 0.29) is 11.1 Å². The lowest BCUT2D eigenvalue weighted by Crippen LogP contribution is -2.60. The lowest BCUT2D eigenvalue weighted by atomic mass is 9.69. The van der Waals surface area contributed by atoms with Crippen molar-refractivity contribution in [2.75, 3.05) is 19.7 Å². The molecule has 0 amide bonds. The van der Waals surface area contributed by atoms with Gasteiger partial charge in [0.05, 0.1) is 5.60 Å². The number of hydrogen-bond donors (Lipinski definition) is 2. The summed E-state index contributed by atoms with van der Waals surface area (Å²) in [5.74, 6) is 1.51. The Labute approximate surface area is 112 Å². The van der Waals surface area contributed by atoms with Crippen LogP contribution < -0.4 is 11.1 Å². The molecule has 3 nitrogen and oxygen atoms in total. The van der Waals surface area contributed by atoms with Gasteiger partial charge in [0, 0.05) is 25.2 Å². The average Bonchev–Trinajstić information content (AvgIpc) is 2.77. The van der Waals surface area contributed by atoms with Crippen LogP contribution in [0.4, 0.5) is 0 Å². The van der Waals surface area contributed by atoms with E-state index in [4.69, 9.17) is 10.5 Å². The number of nitrogens with one attached hydrogen (secondary N) is 1. The maximum absolute atomic E-state index is 6.10. The van der Waals surface area contributed by atoms with Crippen LogP contribution in [0, 0.1) is 11.8 Å². The Morgan fingerprint density at radius 3 is 2.67 bits per heavy atom. The van der Waals surface area contributed by atoms with Gasteiger partial charge in [0.15, 0.2) is 0 Å². The molecule has 106 valence electrons. The molecule has 0 radical (unpaired) electrons. The summed E-state index contributed by atoms with van der Waals surface area (Å²) >= 11 is 0. The highest BCUT2D eigenvalue weighted by atomic mass is 16.5. The molecule has 1 saturated heterocycles. The van der Waals surface area contributed by atoms with E-state index in [1.54, 1.807) is 0 Å².